The molecule has 3 nitrogen and oxygen atoms in total. The third-order valence-corrected chi connectivity index (χ3v) is 4.18. The molecule has 0 radical (unpaired) electrons. The van der Waals surface area contributed by atoms with Crippen molar-refractivity contribution >= 4 is 21.8 Å². The van der Waals surface area contributed by atoms with Crippen molar-refractivity contribution in [3.8, 4) is 0 Å². The summed E-state index contributed by atoms with van der Waals surface area (Å²) in [6, 6.07) is 15.9. The lowest BCUT2D eigenvalue weighted by Crippen LogP contribution is -2.21. The van der Waals surface area contributed by atoms with Crippen LogP contribution in [0.25, 0.3) is 0 Å². The highest BCUT2D eigenvalue weighted by Gasteiger charge is 2.11. The van der Waals surface area contributed by atoms with E-state index in [1.165, 1.54) is 5.56 Å². The number of hydrogen-bond acceptors (Lipinski definition) is 2. The molecule has 0 saturated carbocycles. The largest absolute Gasteiger partial charge is 0.366 e. The van der Waals surface area contributed by atoms with E-state index in [1.807, 2.05) is 36.4 Å². The number of benzene rings is 2. The first-order valence-corrected chi connectivity index (χ1v) is 7.77. The van der Waals surface area contributed by atoms with Gasteiger partial charge in [-0.05, 0) is 35.7 Å². The first-order valence-electron chi connectivity index (χ1n) is 6.98. The molecule has 0 fully saturated rings. The van der Waals surface area contributed by atoms with Crippen molar-refractivity contribution in [3.63, 3.8) is 0 Å². The normalized spacial score (nSPS) is 12.1. The van der Waals surface area contributed by atoms with E-state index in [0.29, 0.717) is 12.1 Å². The van der Waals surface area contributed by atoms with Crippen LogP contribution >= 0.6 is 15.9 Å². The molecule has 2 aromatic carbocycles. The van der Waals surface area contributed by atoms with Crippen LogP contribution in [0.5, 0.6) is 0 Å². The van der Waals surface area contributed by atoms with Crippen molar-refractivity contribution in [2.75, 3.05) is 0 Å². The SMILES string of the molecule is CC[C@H](NCc1cccc(C(N)=O)c1)c1ccccc1Br. The minimum absolute atomic E-state index is 0.262. The minimum Gasteiger partial charge on any atom is -0.366 e. The fourth-order valence-corrected chi connectivity index (χ4v) is 2.87. The molecule has 0 aliphatic carbocycles. The topological polar surface area (TPSA) is 55.1 Å². The summed E-state index contributed by atoms with van der Waals surface area (Å²) in [4.78, 5) is 11.2. The van der Waals surface area contributed by atoms with E-state index in [4.69, 9.17) is 5.73 Å². The Morgan fingerprint density at radius 2 is 2.00 bits per heavy atom. The zero-order valence-electron chi connectivity index (χ0n) is 12.0. The van der Waals surface area contributed by atoms with Gasteiger partial charge in [0.1, 0.15) is 0 Å². The molecule has 3 N–H and O–H groups in total. The second-order valence-electron chi connectivity index (χ2n) is 4.93. The second kappa shape index (κ2) is 7.38. The zero-order chi connectivity index (χ0) is 15.2. The zero-order valence-corrected chi connectivity index (χ0v) is 13.6. The fourth-order valence-electron chi connectivity index (χ4n) is 2.31. The van der Waals surface area contributed by atoms with Crippen LogP contribution in [-0.2, 0) is 6.54 Å². The Bertz CT molecular complexity index is 628. The van der Waals surface area contributed by atoms with Gasteiger partial charge in [0.15, 0.2) is 0 Å². The molecule has 21 heavy (non-hydrogen) atoms. The molecular weight excluding hydrogens is 328 g/mol. The van der Waals surface area contributed by atoms with E-state index in [1.54, 1.807) is 6.07 Å². The van der Waals surface area contributed by atoms with Crippen LogP contribution in [-0.4, -0.2) is 5.91 Å². The Morgan fingerprint density at radius 3 is 2.67 bits per heavy atom. The van der Waals surface area contributed by atoms with Crippen molar-refractivity contribution in [2.45, 2.75) is 25.9 Å². The summed E-state index contributed by atoms with van der Waals surface area (Å²) in [5.41, 5.74) is 8.15. The fraction of sp³-hybridized carbons (Fsp3) is 0.235. The van der Waals surface area contributed by atoms with Crippen molar-refractivity contribution in [3.05, 3.63) is 69.7 Å². The molecule has 0 unspecified atom stereocenters. The predicted molar refractivity (Wildman–Crippen MR) is 89.0 cm³/mol. The Kier molecular flexibility index (Phi) is 5.53. The van der Waals surface area contributed by atoms with E-state index in [-0.39, 0.29) is 6.04 Å². The van der Waals surface area contributed by atoms with Crippen LogP contribution < -0.4 is 11.1 Å². The number of amides is 1. The Hall–Kier alpha value is -1.65. The van der Waals surface area contributed by atoms with Crippen molar-refractivity contribution in [1.82, 2.24) is 5.32 Å². The number of carbonyl (C=O) groups is 1. The highest BCUT2D eigenvalue weighted by Crippen LogP contribution is 2.25. The van der Waals surface area contributed by atoms with Crippen LogP contribution in [0.1, 0.15) is 40.9 Å². The molecule has 0 aliphatic heterocycles. The molecule has 1 atom stereocenters. The van der Waals surface area contributed by atoms with Crippen molar-refractivity contribution < 1.29 is 4.79 Å². The Labute approximate surface area is 133 Å². The number of carbonyl (C=O) groups excluding carboxylic acids is 1. The van der Waals surface area contributed by atoms with Crippen molar-refractivity contribution in [2.24, 2.45) is 5.73 Å². The van der Waals surface area contributed by atoms with Crippen LogP contribution in [0, 0.1) is 0 Å². The molecule has 0 spiro atoms. The summed E-state index contributed by atoms with van der Waals surface area (Å²) in [6.07, 6.45) is 0.984. The quantitative estimate of drug-likeness (QED) is 0.835. The number of nitrogens with two attached hydrogens (primary N) is 1. The van der Waals surface area contributed by atoms with Gasteiger partial charge in [-0.2, -0.15) is 0 Å². The number of halogens is 1. The molecule has 2 aromatic rings. The van der Waals surface area contributed by atoms with E-state index >= 15 is 0 Å². The Balaban J connectivity index is 2.09. The molecule has 2 rings (SSSR count). The van der Waals surface area contributed by atoms with Crippen LogP contribution in [0.3, 0.4) is 0 Å². The second-order valence-corrected chi connectivity index (χ2v) is 5.78. The number of nitrogens with one attached hydrogen (secondary N) is 1. The predicted octanol–water partition coefficient (Wildman–Crippen LogP) is 3.79. The molecular formula is C17H19BrN2O. The summed E-state index contributed by atoms with van der Waals surface area (Å²) < 4.78 is 1.11. The van der Waals surface area contributed by atoms with Gasteiger partial charge in [-0.1, -0.05) is 53.2 Å². The van der Waals surface area contributed by atoms with E-state index < -0.39 is 5.91 Å². The van der Waals surface area contributed by atoms with Gasteiger partial charge in [0.25, 0.3) is 0 Å². The summed E-state index contributed by atoms with van der Waals surface area (Å²) in [5, 5.41) is 3.53. The van der Waals surface area contributed by atoms with Gasteiger partial charge >= 0.3 is 0 Å². The minimum atomic E-state index is -0.394. The average molecular weight is 347 g/mol. The maximum Gasteiger partial charge on any atom is 0.248 e. The molecule has 0 saturated heterocycles. The maximum atomic E-state index is 11.2. The third kappa shape index (κ3) is 4.16. The van der Waals surface area contributed by atoms with E-state index in [2.05, 4.69) is 34.2 Å². The number of primary amides is 1. The van der Waals surface area contributed by atoms with Gasteiger partial charge < -0.3 is 11.1 Å². The highest BCUT2D eigenvalue weighted by molar-refractivity contribution is 9.10. The van der Waals surface area contributed by atoms with Crippen LogP contribution in [0.4, 0.5) is 0 Å². The molecule has 4 heteroatoms. The summed E-state index contributed by atoms with van der Waals surface area (Å²) in [7, 11) is 0. The lowest BCUT2D eigenvalue weighted by atomic mass is 10.0. The molecule has 0 aliphatic rings. The molecule has 0 bridgehead atoms. The molecule has 1 amide bonds. The van der Waals surface area contributed by atoms with Gasteiger partial charge in [-0.15, -0.1) is 0 Å². The van der Waals surface area contributed by atoms with E-state index in [9.17, 15) is 4.79 Å². The first kappa shape index (κ1) is 15.7. The molecule has 0 aromatic heterocycles. The van der Waals surface area contributed by atoms with Gasteiger partial charge in [0.05, 0.1) is 0 Å². The first-order chi connectivity index (χ1) is 10.1. The summed E-state index contributed by atoms with van der Waals surface area (Å²) in [5.74, 6) is -0.394. The summed E-state index contributed by atoms with van der Waals surface area (Å²) >= 11 is 3.59. The maximum absolute atomic E-state index is 11.2. The highest BCUT2D eigenvalue weighted by atomic mass is 79.9. The van der Waals surface area contributed by atoms with Gasteiger partial charge in [0.2, 0.25) is 5.91 Å². The average Bonchev–Trinajstić information content (AvgIpc) is 2.50. The Morgan fingerprint density at radius 1 is 1.24 bits per heavy atom. The standard InChI is InChI=1S/C17H19BrN2O/c1-2-16(14-8-3-4-9-15(14)18)20-11-12-6-5-7-13(10-12)17(19)21/h3-10,16,20H,2,11H2,1H3,(H2,19,21)/t16-/m0/s1. The third-order valence-electron chi connectivity index (χ3n) is 3.45. The molecule has 0 heterocycles. The van der Waals surface area contributed by atoms with Crippen molar-refractivity contribution in [1.29, 1.82) is 0 Å². The lowest BCUT2D eigenvalue weighted by molar-refractivity contribution is 0.1000. The van der Waals surface area contributed by atoms with Gasteiger partial charge in [-0.25, -0.2) is 0 Å². The van der Waals surface area contributed by atoms with Gasteiger partial charge in [-0.3, -0.25) is 4.79 Å². The lowest BCUT2D eigenvalue weighted by Gasteiger charge is -2.19. The van der Waals surface area contributed by atoms with Gasteiger partial charge in [0, 0.05) is 22.6 Å². The summed E-state index contributed by atoms with van der Waals surface area (Å²) in [6.45, 7) is 2.85. The smallest absolute Gasteiger partial charge is 0.248 e. The number of hydrogen-bond donors (Lipinski definition) is 2. The number of rotatable bonds is 6. The monoisotopic (exact) mass is 346 g/mol. The van der Waals surface area contributed by atoms with Crippen LogP contribution in [0.2, 0.25) is 0 Å². The molecule has 110 valence electrons. The van der Waals surface area contributed by atoms with Crippen LogP contribution in [0.15, 0.2) is 53.0 Å². The van der Waals surface area contributed by atoms with E-state index in [0.717, 1.165) is 16.5 Å².